The molecule has 1 amide bonds. The highest BCUT2D eigenvalue weighted by atomic mass is 35.5. The number of amides is 1. The predicted octanol–water partition coefficient (Wildman–Crippen LogP) is 4.55. The molecule has 1 saturated heterocycles. The van der Waals surface area contributed by atoms with Crippen LogP contribution in [0.4, 0.5) is 5.69 Å². The van der Waals surface area contributed by atoms with E-state index in [0.29, 0.717) is 0 Å². The minimum Gasteiger partial charge on any atom is -0.313 e. The molecule has 0 radical (unpaired) electrons. The molecule has 5 nitrogen and oxygen atoms in total. The van der Waals surface area contributed by atoms with Gasteiger partial charge in [-0.25, -0.2) is 9.97 Å². The van der Waals surface area contributed by atoms with Crippen molar-refractivity contribution >= 4 is 64.3 Å². The van der Waals surface area contributed by atoms with E-state index in [-0.39, 0.29) is 11.9 Å². The van der Waals surface area contributed by atoms with E-state index in [1.54, 1.807) is 0 Å². The first-order valence-corrected chi connectivity index (χ1v) is 11.9. The van der Waals surface area contributed by atoms with Crippen LogP contribution < -0.4 is 20.2 Å². The fourth-order valence-electron chi connectivity index (χ4n) is 3.50. The monoisotopic (exact) mass is 470 g/mol. The molecule has 2 aliphatic rings. The van der Waals surface area contributed by atoms with Crippen LogP contribution in [0.3, 0.4) is 0 Å². The molecule has 1 aromatic carbocycles. The zero-order valence-corrected chi connectivity index (χ0v) is 19.0. The van der Waals surface area contributed by atoms with Crippen molar-refractivity contribution in [2.45, 2.75) is 31.8 Å². The zero-order chi connectivity index (χ0) is 20.6. The third kappa shape index (κ3) is 5.98. The summed E-state index contributed by atoms with van der Waals surface area (Å²) in [5.41, 5.74) is 3.75. The van der Waals surface area contributed by atoms with Crippen molar-refractivity contribution in [1.82, 2.24) is 10.0 Å². The van der Waals surface area contributed by atoms with E-state index >= 15 is 0 Å². The number of nitrogens with two attached hydrogens (primary N) is 1. The van der Waals surface area contributed by atoms with Gasteiger partial charge in [0.15, 0.2) is 0 Å². The molecular weight excluding hydrogens is 447 g/mol. The van der Waals surface area contributed by atoms with Gasteiger partial charge in [0.05, 0.1) is 10.4 Å². The van der Waals surface area contributed by atoms with Gasteiger partial charge in [0.1, 0.15) is 0 Å². The quantitative estimate of drug-likeness (QED) is 0.441. The number of nitrogens with one attached hydrogen (secondary N) is 2. The normalized spacial score (nSPS) is 19.1. The Morgan fingerprint density at radius 2 is 2.14 bits per heavy atom. The number of hydrogen-bond donors (Lipinski definition) is 3. The predicted molar refractivity (Wildman–Crippen MR) is 126 cm³/mol. The van der Waals surface area contributed by atoms with Crippen molar-refractivity contribution in [1.29, 1.82) is 0 Å². The average Bonchev–Trinajstić information content (AvgIpc) is 3.23. The van der Waals surface area contributed by atoms with Crippen molar-refractivity contribution in [2.75, 3.05) is 18.0 Å². The van der Waals surface area contributed by atoms with Crippen molar-refractivity contribution in [3.8, 4) is 0 Å². The number of carbonyl (C=O) groups is 1. The number of benzene rings is 1. The summed E-state index contributed by atoms with van der Waals surface area (Å²) < 4.78 is 4.06. The topological polar surface area (TPSA) is 70.4 Å². The standard InChI is InChI=1S/C20H22ClN3OS2.ClH2N/c21-19-6-5-17(27-19)8-11-26-23-18-7-10-24(20(18)25)16-4-3-15-13-22-9-1-2-14(15)12-16;1-2/h3-6,8,11-12,18,22-23H,1-2,7,9-10,13H2;2H2/b11-8+;/t18-;/m0./s1. The number of hydrogen-bond acceptors (Lipinski definition) is 6. The second-order valence-corrected chi connectivity index (χ2v) is 9.24. The second kappa shape index (κ2) is 11.4. The summed E-state index contributed by atoms with van der Waals surface area (Å²) in [5.74, 6) is 0.154. The number of fused-ring (bicyclic) bond motifs is 1. The van der Waals surface area contributed by atoms with Crippen molar-refractivity contribution in [3.05, 3.63) is 56.1 Å². The number of anilines is 1. The van der Waals surface area contributed by atoms with Gasteiger partial charge in [-0.05, 0) is 84.5 Å². The lowest BCUT2D eigenvalue weighted by Gasteiger charge is -2.19. The summed E-state index contributed by atoms with van der Waals surface area (Å²) in [4.78, 5) is 15.8. The van der Waals surface area contributed by atoms with Gasteiger partial charge in [0, 0.05) is 23.7 Å². The average molecular weight is 471 g/mol. The Morgan fingerprint density at radius 3 is 2.93 bits per heavy atom. The first-order chi connectivity index (χ1) is 14.2. The Bertz CT molecular complexity index is 859. The molecule has 0 spiro atoms. The molecule has 9 heteroatoms. The maximum atomic E-state index is 12.8. The molecule has 2 aromatic rings. The van der Waals surface area contributed by atoms with Crippen LogP contribution in [0, 0.1) is 0 Å². The highest BCUT2D eigenvalue weighted by molar-refractivity contribution is 8.00. The fraction of sp³-hybridized carbons (Fsp3) is 0.350. The molecule has 0 unspecified atom stereocenters. The lowest BCUT2D eigenvalue weighted by Crippen LogP contribution is -2.35. The van der Waals surface area contributed by atoms with Crippen LogP contribution in [0.2, 0.25) is 4.34 Å². The van der Waals surface area contributed by atoms with Crippen LogP contribution in [-0.2, 0) is 17.8 Å². The van der Waals surface area contributed by atoms with Gasteiger partial charge < -0.3 is 10.2 Å². The van der Waals surface area contributed by atoms with E-state index in [1.165, 1.54) is 34.4 Å². The van der Waals surface area contributed by atoms with Gasteiger partial charge in [-0.2, -0.15) is 0 Å². The summed E-state index contributed by atoms with van der Waals surface area (Å²) in [6.07, 6.45) is 5.05. The minimum absolute atomic E-state index is 0.146. The Kier molecular flexibility index (Phi) is 8.86. The Hall–Kier alpha value is -1.06. The number of aryl methyl sites for hydroxylation is 1. The van der Waals surface area contributed by atoms with Crippen LogP contribution in [-0.4, -0.2) is 25.0 Å². The smallest absolute Gasteiger partial charge is 0.245 e. The first-order valence-electron chi connectivity index (χ1n) is 9.39. The van der Waals surface area contributed by atoms with E-state index in [4.69, 9.17) is 11.6 Å². The largest absolute Gasteiger partial charge is 0.313 e. The van der Waals surface area contributed by atoms with Crippen molar-refractivity contribution in [3.63, 3.8) is 0 Å². The summed E-state index contributed by atoms with van der Waals surface area (Å²) in [6.45, 7) is 2.74. The summed E-state index contributed by atoms with van der Waals surface area (Å²) >= 11 is 13.1. The molecule has 4 rings (SSSR count). The van der Waals surface area contributed by atoms with Gasteiger partial charge in [0.2, 0.25) is 5.91 Å². The number of nitrogens with zero attached hydrogens (tertiary/aromatic N) is 1. The van der Waals surface area contributed by atoms with Gasteiger partial charge in [-0.3, -0.25) is 4.79 Å². The molecule has 0 bridgehead atoms. The SMILES string of the molecule is NCl.O=C1[C@@H](NS/C=C/c2ccc(Cl)s2)CCN1c1ccc2c(c1)CCCNC2. The maximum Gasteiger partial charge on any atom is 0.245 e. The Morgan fingerprint density at radius 1 is 1.28 bits per heavy atom. The Labute approximate surface area is 189 Å². The summed E-state index contributed by atoms with van der Waals surface area (Å²) in [7, 11) is 0. The molecule has 1 fully saturated rings. The molecule has 4 N–H and O–H groups in total. The number of carbonyl (C=O) groups excluding carboxylic acids is 1. The van der Waals surface area contributed by atoms with Gasteiger partial charge >= 0.3 is 0 Å². The lowest BCUT2D eigenvalue weighted by molar-refractivity contribution is -0.118. The van der Waals surface area contributed by atoms with E-state index in [2.05, 4.69) is 45.3 Å². The summed E-state index contributed by atoms with van der Waals surface area (Å²) in [5, 5.41) is 9.38. The second-order valence-electron chi connectivity index (χ2n) is 6.74. The molecule has 0 saturated carbocycles. The number of thiophene rings is 1. The molecule has 29 heavy (non-hydrogen) atoms. The third-order valence-electron chi connectivity index (χ3n) is 4.93. The Balaban J connectivity index is 0.00000117. The maximum absolute atomic E-state index is 12.8. The van der Waals surface area contributed by atoms with E-state index in [0.717, 1.165) is 53.8 Å². The van der Waals surface area contributed by atoms with Crippen LogP contribution in [0.25, 0.3) is 6.08 Å². The molecule has 1 atom stereocenters. The molecule has 156 valence electrons. The van der Waals surface area contributed by atoms with Gasteiger partial charge in [0.25, 0.3) is 0 Å². The van der Waals surface area contributed by atoms with E-state index in [9.17, 15) is 4.79 Å². The number of halogens is 2. The molecule has 0 aliphatic carbocycles. The highest BCUT2D eigenvalue weighted by Crippen LogP contribution is 2.27. The highest BCUT2D eigenvalue weighted by Gasteiger charge is 2.32. The van der Waals surface area contributed by atoms with Crippen LogP contribution in [0.15, 0.2) is 35.7 Å². The third-order valence-corrected chi connectivity index (χ3v) is 6.82. The van der Waals surface area contributed by atoms with E-state index in [1.807, 2.05) is 28.5 Å². The molecule has 1 aromatic heterocycles. The zero-order valence-electron chi connectivity index (χ0n) is 15.9. The first kappa shape index (κ1) is 22.6. The number of rotatable bonds is 5. The van der Waals surface area contributed by atoms with E-state index < -0.39 is 0 Å². The van der Waals surface area contributed by atoms with Crippen molar-refractivity contribution < 1.29 is 4.79 Å². The van der Waals surface area contributed by atoms with Crippen LogP contribution >= 0.6 is 46.7 Å². The van der Waals surface area contributed by atoms with Gasteiger partial charge in [-0.15, -0.1) is 11.3 Å². The fourth-order valence-corrected chi connectivity index (χ4v) is 5.22. The van der Waals surface area contributed by atoms with Gasteiger partial charge in [-0.1, -0.05) is 29.6 Å². The molecular formula is C20H24Cl2N4OS2. The molecule has 3 heterocycles. The summed E-state index contributed by atoms with van der Waals surface area (Å²) in [6, 6.07) is 10.2. The van der Waals surface area contributed by atoms with Crippen LogP contribution in [0.5, 0.6) is 0 Å². The van der Waals surface area contributed by atoms with Crippen LogP contribution in [0.1, 0.15) is 28.8 Å². The molecule has 2 aliphatic heterocycles. The van der Waals surface area contributed by atoms with Crippen molar-refractivity contribution in [2.24, 2.45) is 5.25 Å². The lowest BCUT2D eigenvalue weighted by atomic mass is 10.0. The minimum atomic E-state index is -0.146.